The van der Waals surface area contributed by atoms with Crippen LogP contribution in [0, 0.1) is 12.8 Å². The third kappa shape index (κ3) is 2.36. The van der Waals surface area contributed by atoms with Crippen LogP contribution in [0.1, 0.15) is 17.5 Å². The van der Waals surface area contributed by atoms with Crippen LogP contribution in [0.4, 0.5) is 0 Å². The highest BCUT2D eigenvalue weighted by atomic mass is 35.5. The summed E-state index contributed by atoms with van der Waals surface area (Å²) in [5.74, 6) is 0.781. The van der Waals surface area contributed by atoms with E-state index in [0.29, 0.717) is 5.15 Å². The van der Waals surface area contributed by atoms with E-state index in [0.717, 1.165) is 36.5 Å². The zero-order valence-corrected chi connectivity index (χ0v) is 11.3. The van der Waals surface area contributed by atoms with Gasteiger partial charge < -0.3 is 5.32 Å². The predicted octanol–water partition coefficient (Wildman–Crippen LogP) is 3.35. The fourth-order valence-corrected chi connectivity index (χ4v) is 2.80. The highest BCUT2D eigenvalue weighted by Crippen LogP contribution is 2.23. The molecule has 2 nitrogen and oxygen atoms in total. The van der Waals surface area contributed by atoms with Gasteiger partial charge >= 0.3 is 0 Å². The molecule has 1 N–H and O–H groups in total. The molecule has 1 atom stereocenters. The van der Waals surface area contributed by atoms with Gasteiger partial charge in [-0.2, -0.15) is 0 Å². The van der Waals surface area contributed by atoms with Crippen LogP contribution in [-0.2, 0) is 6.42 Å². The lowest BCUT2D eigenvalue weighted by Gasteiger charge is -2.09. The second-order valence-corrected chi connectivity index (χ2v) is 5.54. The van der Waals surface area contributed by atoms with Crippen LogP contribution in [0.3, 0.4) is 0 Å². The molecule has 0 spiro atoms. The van der Waals surface area contributed by atoms with E-state index in [9.17, 15) is 0 Å². The molecule has 1 saturated heterocycles. The molecule has 1 unspecified atom stereocenters. The van der Waals surface area contributed by atoms with Crippen LogP contribution < -0.4 is 5.32 Å². The molecule has 3 rings (SSSR count). The van der Waals surface area contributed by atoms with Crippen LogP contribution in [0.25, 0.3) is 10.9 Å². The molecule has 2 aromatic rings. The molecule has 1 aromatic heterocycles. The van der Waals surface area contributed by atoms with Crippen LogP contribution in [0.5, 0.6) is 0 Å². The zero-order valence-electron chi connectivity index (χ0n) is 10.5. The predicted molar refractivity (Wildman–Crippen MR) is 76.2 cm³/mol. The maximum absolute atomic E-state index is 6.05. The summed E-state index contributed by atoms with van der Waals surface area (Å²) in [6, 6.07) is 8.64. The molecule has 0 bridgehead atoms. The van der Waals surface area contributed by atoms with E-state index < -0.39 is 0 Å². The van der Waals surface area contributed by atoms with Gasteiger partial charge in [0, 0.05) is 5.39 Å². The monoisotopic (exact) mass is 260 g/mol. The second kappa shape index (κ2) is 4.87. The molecule has 0 aliphatic carbocycles. The summed E-state index contributed by atoms with van der Waals surface area (Å²) in [6.07, 6.45) is 2.44. The molecule has 1 fully saturated rings. The average molecular weight is 261 g/mol. The van der Waals surface area contributed by atoms with Gasteiger partial charge in [0.25, 0.3) is 0 Å². The topological polar surface area (TPSA) is 24.9 Å². The molecule has 1 aliphatic heterocycles. The smallest absolute Gasteiger partial charge is 0.132 e. The number of rotatable bonds is 2. The van der Waals surface area contributed by atoms with Crippen LogP contribution in [0.2, 0.25) is 5.15 Å². The van der Waals surface area contributed by atoms with Gasteiger partial charge in [0.1, 0.15) is 5.15 Å². The Morgan fingerprint density at radius 1 is 1.39 bits per heavy atom. The lowest BCUT2D eigenvalue weighted by molar-refractivity contribution is 0.580. The summed E-state index contributed by atoms with van der Waals surface area (Å²) in [7, 11) is 0. The van der Waals surface area contributed by atoms with Crippen molar-refractivity contribution < 1.29 is 0 Å². The Balaban J connectivity index is 1.92. The van der Waals surface area contributed by atoms with Gasteiger partial charge in [0.2, 0.25) is 0 Å². The van der Waals surface area contributed by atoms with Crippen molar-refractivity contribution >= 4 is 22.5 Å². The van der Waals surface area contributed by atoms with Crippen molar-refractivity contribution in [2.45, 2.75) is 19.8 Å². The number of pyridine rings is 1. The van der Waals surface area contributed by atoms with Gasteiger partial charge in [-0.3, -0.25) is 0 Å². The normalized spacial score (nSPS) is 19.6. The fraction of sp³-hybridized carbons (Fsp3) is 0.400. The molecule has 0 amide bonds. The van der Waals surface area contributed by atoms with Gasteiger partial charge in [0.05, 0.1) is 5.52 Å². The molecule has 3 heteroatoms. The van der Waals surface area contributed by atoms with E-state index in [4.69, 9.17) is 11.6 Å². The van der Waals surface area contributed by atoms with Gasteiger partial charge in [0.15, 0.2) is 0 Å². The first-order valence-corrected chi connectivity index (χ1v) is 6.86. The van der Waals surface area contributed by atoms with Crippen LogP contribution in [-0.4, -0.2) is 18.1 Å². The highest BCUT2D eigenvalue weighted by Gasteiger charge is 2.15. The number of hydrogen-bond acceptors (Lipinski definition) is 2. The molecular formula is C15H17ClN2. The maximum atomic E-state index is 6.05. The Morgan fingerprint density at radius 2 is 2.28 bits per heavy atom. The molecule has 0 radical (unpaired) electrons. The van der Waals surface area contributed by atoms with Gasteiger partial charge in [-0.1, -0.05) is 17.7 Å². The molecule has 1 aliphatic rings. The number of fused-ring (bicyclic) bond motifs is 1. The number of aryl methyl sites for hydroxylation is 1. The lowest BCUT2D eigenvalue weighted by atomic mass is 9.97. The molecular weight excluding hydrogens is 244 g/mol. The zero-order chi connectivity index (χ0) is 12.5. The van der Waals surface area contributed by atoms with Crippen molar-refractivity contribution in [3.63, 3.8) is 0 Å². The summed E-state index contributed by atoms with van der Waals surface area (Å²) in [4.78, 5) is 4.40. The minimum Gasteiger partial charge on any atom is -0.316 e. The van der Waals surface area contributed by atoms with Crippen molar-refractivity contribution in [1.82, 2.24) is 10.3 Å². The number of aromatic nitrogens is 1. The summed E-state index contributed by atoms with van der Waals surface area (Å²) in [5.41, 5.74) is 3.43. The molecule has 94 valence electrons. The van der Waals surface area contributed by atoms with E-state index in [-0.39, 0.29) is 0 Å². The SMILES string of the molecule is Cc1cc2cc(CC3CCNC3)ccc2nc1Cl. The third-order valence-corrected chi connectivity index (χ3v) is 4.08. The third-order valence-electron chi connectivity index (χ3n) is 3.69. The van der Waals surface area contributed by atoms with Gasteiger partial charge in [-0.05, 0) is 68.1 Å². The number of benzene rings is 1. The highest BCUT2D eigenvalue weighted by molar-refractivity contribution is 6.30. The molecule has 2 heterocycles. The Bertz CT molecular complexity index is 574. The summed E-state index contributed by atoms with van der Waals surface area (Å²) in [6.45, 7) is 4.31. The van der Waals surface area contributed by atoms with E-state index in [1.54, 1.807) is 0 Å². The van der Waals surface area contributed by atoms with Gasteiger partial charge in [-0.15, -0.1) is 0 Å². The number of nitrogens with zero attached hydrogens (tertiary/aromatic N) is 1. The Kier molecular flexibility index (Phi) is 3.23. The standard InChI is InChI=1S/C15H17ClN2/c1-10-6-13-8-11(7-12-4-5-17-9-12)2-3-14(13)18-15(10)16/h2-3,6,8,12,17H,4-5,7,9H2,1H3. The Labute approximate surface area is 112 Å². The largest absolute Gasteiger partial charge is 0.316 e. The number of hydrogen-bond donors (Lipinski definition) is 1. The van der Waals surface area contributed by atoms with E-state index in [1.165, 1.54) is 17.4 Å². The first-order valence-electron chi connectivity index (χ1n) is 6.49. The van der Waals surface area contributed by atoms with Crippen molar-refractivity contribution in [3.8, 4) is 0 Å². The van der Waals surface area contributed by atoms with Crippen molar-refractivity contribution in [2.24, 2.45) is 5.92 Å². The maximum Gasteiger partial charge on any atom is 0.132 e. The number of nitrogens with one attached hydrogen (secondary N) is 1. The van der Waals surface area contributed by atoms with Crippen LogP contribution in [0.15, 0.2) is 24.3 Å². The summed E-state index contributed by atoms with van der Waals surface area (Å²) < 4.78 is 0. The van der Waals surface area contributed by atoms with Gasteiger partial charge in [-0.25, -0.2) is 4.98 Å². The summed E-state index contributed by atoms with van der Waals surface area (Å²) >= 11 is 6.05. The first-order chi connectivity index (χ1) is 8.72. The van der Waals surface area contributed by atoms with Crippen molar-refractivity contribution in [3.05, 3.63) is 40.5 Å². The summed E-state index contributed by atoms with van der Waals surface area (Å²) in [5, 5.41) is 5.22. The molecule has 18 heavy (non-hydrogen) atoms. The minimum atomic E-state index is 0.607. The molecule has 0 saturated carbocycles. The Hall–Kier alpha value is -1.12. The second-order valence-electron chi connectivity index (χ2n) is 5.19. The van der Waals surface area contributed by atoms with Crippen molar-refractivity contribution in [1.29, 1.82) is 0 Å². The lowest BCUT2D eigenvalue weighted by Crippen LogP contribution is -2.10. The fourth-order valence-electron chi connectivity index (χ4n) is 2.66. The van der Waals surface area contributed by atoms with E-state index in [2.05, 4.69) is 34.6 Å². The molecule has 1 aromatic carbocycles. The minimum absolute atomic E-state index is 0.607. The van der Waals surface area contributed by atoms with E-state index >= 15 is 0 Å². The van der Waals surface area contributed by atoms with E-state index in [1.807, 2.05) is 6.92 Å². The van der Waals surface area contributed by atoms with Crippen LogP contribution >= 0.6 is 11.6 Å². The van der Waals surface area contributed by atoms with Crippen molar-refractivity contribution in [2.75, 3.05) is 13.1 Å². The number of halogens is 1. The quantitative estimate of drug-likeness (QED) is 0.838. The average Bonchev–Trinajstić information content (AvgIpc) is 2.84. The first kappa shape index (κ1) is 11.9. The Morgan fingerprint density at radius 3 is 3.06 bits per heavy atom.